The van der Waals surface area contributed by atoms with Crippen molar-refractivity contribution in [3.63, 3.8) is 0 Å². The molecule has 0 spiro atoms. The average Bonchev–Trinajstić information content (AvgIpc) is 2.85. The molecular weight excluding hydrogens is 417 g/mol. The Morgan fingerprint density at radius 2 is 1.68 bits per heavy atom. The van der Waals surface area contributed by atoms with Crippen LogP contribution in [0.5, 0.6) is 5.75 Å². The Morgan fingerprint density at radius 1 is 1.10 bits per heavy atom. The molecule has 0 aliphatic carbocycles. The van der Waals surface area contributed by atoms with E-state index in [9.17, 15) is 27.6 Å². The van der Waals surface area contributed by atoms with E-state index < -0.39 is 41.7 Å². The van der Waals surface area contributed by atoms with Gasteiger partial charge in [-0.05, 0) is 55.8 Å². The molecule has 1 saturated heterocycles. The third-order valence-corrected chi connectivity index (χ3v) is 4.67. The molecule has 1 N–H and O–H groups in total. The molecule has 1 aromatic carbocycles. The first-order valence-corrected chi connectivity index (χ1v) is 9.12. The summed E-state index contributed by atoms with van der Waals surface area (Å²) in [5, 5.41) is 2.67. The van der Waals surface area contributed by atoms with Crippen molar-refractivity contribution in [1.29, 1.82) is 0 Å². The average molecular weight is 436 g/mol. The van der Waals surface area contributed by atoms with Crippen molar-refractivity contribution in [1.82, 2.24) is 15.2 Å². The van der Waals surface area contributed by atoms with Gasteiger partial charge in [0, 0.05) is 19.3 Å². The summed E-state index contributed by atoms with van der Waals surface area (Å²) in [5.41, 5.74) is -0.777. The number of ether oxygens (including phenoxy) is 1. The highest BCUT2D eigenvalue weighted by atomic mass is 19.4. The van der Waals surface area contributed by atoms with E-state index in [2.05, 4.69) is 15.0 Å². The number of pyridine rings is 1. The van der Waals surface area contributed by atoms with Crippen molar-refractivity contribution in [2.45, 2.75) is 38.8 Å². The van der Waals surface area contributed by atoms with Crippen molar-refractivity contribution < 1.29 is 32.3 Å². The number of rotatable bonds is 5. The smallest absolute Gasteiger partial charge is 0.406 e. The first-order valence-electron chi connectivity index (χ1n) is 9.12. The van der Waals surface area contributed by atoms with Crippen LogP contribution in [0.25, 0.3) is 0 Å². The molecule has 1 fully saturated rings. The second kappa shape index (κ2) is 7.89. The Morgan fingerprint density at radius 3 is 2.19 bits per heavy atom. The van der Waals surface area contributed by atoms with Gasteiger partial charge < -0.3 is 10.1 Å². The minimum atomic E-state index is -4.87. The zero-order valence-electron chi connectivity index (χ0n) is 16.8. The molecule has 2 heterocycles. The highest BCUT2D eigenvalue weighted by molar-refractivity contribution is 6.23. The van der Waals surface area contributed by atoms with Crippen LogP contribution in [0.2, 0.25) is 0 Å². The van der Waals surface area contributed by atoms with Gasteiger partial charge in [0.25, 0.3) is 5.91 Å². The molecule has 1 aromatic heterocycles. The number of nitrogens with one attached hydrogen (secondary N) is 1. The Labute approximate surface area is 175 Å². The SMILES string of the molecule is CC(=O)NC(c1ccncc1)N1C(=O)N(c2ccc(OC(F)(F)F)cc2)C(=O)C1(C)C. The lowest BCUT2D eigenvalue weighted by molar-refractivity contribution is -0.274. The molecule has 1 aliphatic heterocycles. The van der Waals surface area contributed by atoms with E-state index in [1.54, 1.807) is 12.1 Å². The Kier molecular flexibility index (Phi) is 5.62. The van der Waals surface area contributed by atoms with Crippen LogP contribution in [0, 0.1) is 0 Å². The monoisotopic (exact) mass is 436 g/mol. The third kappa shape index (κ3) is 4.44. The first-order chi connectivity index (χ1) is 14.4. The molecule has 8 nitrogen and oxygen atoms in total. The molecule has 2 aromatic rings. The summed E-state index contributed by atoms with van der Waals surface area (Å²) in [6, 6.07) is 6.82. The lowest BCUT2D eigenvalue weighted by atomic mass is 10.0. The van der Waals surface area contributed by atoms with E-state index in [4.69, 9.17) is 0 Å². The van der Waals surface area contributed by atoms with Gasteiger partial charge in [-0.3, -0.25) is 19.5 Å². The van der Waals surface area contributed by atoms with Gasteiger partial charge in [-0.15, -0.1) is 13.2 Å². The number of hydrogen-bond acceptors (Lipinski definition) is 5. The van der Waals surface area contributed by atoms with Gasteiger partial charge >= 0.3 is 12.4 Å². The highest BCUT2D eigenvalue weighted by Crippen LogP contribution is 2.38. The van der Waals surface area contributed by atoms with E-state index in [1.807, 2.05) is 0 Å². The van der Waals surface area contributed by atoms with Crippen molar-refractivity contribution in [2.24, 2.45) is 0 Å². The molecule has 3 rings (SSSR count). The van der Waals surface area contributed by atoms with Crippen LogP contribution in [0.1, 0.15) is 32.5 Å². The van der Waals surface area contributed by atoms with Crippen molar-refractivity contribution >= 4 is 23.5 Å². The molecule has 31 heavy (non-hydrogen) atoms. The number of imide groups is 1. The van der Waals surface area contributed by atoms with Gasteiger partial charge in [0.2, 0.25) is 5.91 Å². The van der Waals surface area contributed by atoms with E-state index in [-0.39, 0.29) is 5.69 Å². The normalized spacial score (nSPS) is 17.0. The van der Waals surface area contributed by atoms with Gasteiger partial charge in [-0.1, -0.05) is 0 Å². The summed E-state index contributed by atoms with van der Waals surface area (Å²) in [6.45, 7) is 4.31. The summed E-state index contributed by atoms with van der Waals surface area (Å²) in [4.78, 5) is 44.2. The number of carbonyl (C=O) groups excluding carboxylic acids is 3. The third-order valence-electron chi connectivity index (χ3n) is 4.67. The van der Waals surface area contributed by atoms with E-state index in [0.717, 1.165) is 17.0 Å². The highest BCUT2D eigenvalue weighted by Gasteiger charge is 2.55. The fourth-order valence-electron chi connectivity index (χ4n) is 3.30. The summed E-state index contributed by atoms with van der Waals surface area (Å²) in [6.07, 6.45) is -2.87. The minimum Gasteiger partial charge on any atom is -0.406 e. The molecule has 1 aliphatic rings. The number of hydrogen-bond donors (Lipinski definition) is 1. The van der Waals surface area contributed by atoms with Crippen LogP contribution in [-0.4, -0.2) is 39.6 Å². The van der Waals surface area contributed by atoms with Crippen LogP contribution in [0.4, 0.5) is 23.7 Å². The minimum absolute atomic E-state index is 0.0661. The van der Waals surface area contributed by atoms with Crippen LogP contribution >= 0.6 is 0 Å². The molecule has 11 heteroatoms. The molecule has 1 atom stereocenters. The van der Waals surface area contributed by atoms with Crippen molar-refractivity contribution in [3.8, 4) is 5.75 Å². The number of halogens is 3. The number of alkyl halides is 3. The molecule has 0 radical (unpaired) electrons. The molecular formula is C20H19F3N4O4. The maximum Gasteiger partial charge on any atom is 0.573 e. The largest absolute Gasteiger partial charge is 0.573 e. The lowest BCUT2D eigenvalue weighted by Gasteiger charge is -2.35. The quantitative estimate of drug-likeness (QED) is 0.726. The van der Waals surface area contributed by atoms with Gasteiger partial charge in [0.1, 0.15) is 17.5 Å². The predicted octanol–water partition coefficient (Wildman–Crippen LogP) is 3.36. The topological polar surface area (TPSA) is 91.8 Å². The van der Waals surface area contributed by atoms with Gasteiger partial charge in [0.05, 0.1) is 5.69 Å². The fraction of sp³-hybridized carbons (Fsp3) is 0.300. The summed E-state index contributed by atoms with van der Waals surface area (Å²) in [5.74, 6) is -1.52. The van der Waals surface area contributed by atoms with Crippen LogP contribution in [0.15, 0.2) is 48.8 Å². The Balaban J connectivity index is 1.98. The van der Waals surface area contributed by atoms with Gasteiger partial charge in [0.15, 0.2) is 0 Å². The summed E-state index contributed by atoms with van der Waals surface area (Å²) >= 11 is 0. The molecule has 0 saturated carbocycles. The molecule has 0 bridgehead atoms. The maximum absolute atomic E-state index is 13.3. The zero-order valence-corrected chi connectivity index (χ0v) is 16.8. The number of anilines is 1. The van der Waals surface area contributed by atoms with Gasteiger partial charge in [-0.25, -0.2) is 9.69 Å². The van der Waals surface area contributed by atoms with Crippen LogP contribution in [-0.2, 0) is 9.59 Å². The first kappa shape index (κ1) is 22.1. The Bertz CT molecular complexity index is 994. The number of urea groups is 1. The lowest BCUT2D eigenvalue weighted by Crippen LogP contribution is -2.51. The van der Waals surface area contributed by atoms with E-state index in [1.165, 1.54) is 50.2 Å². The molecule has 164 valence electrons. The van der Waals surface area contributed by atoms with Crippen LogP contribution in [0.3, 0.4) is 0 Å². The number of aromatic nitrogens is 1. The maximum atomic E-state index is 13.3. The summed E-state index contributed by atoms with van der Waals surface area (Å²) < 4.78 is 41.0. The van der Waals surface area contributed by atoms with E-state index >= 15 is 0 Å². The van der Waals surface area contributed by atoms with Gasteiger partial charge in [-0.2, -0.15) is 0 Å². The Hall–Kier alpha value is -3.63. The standard InChI is InChI=1S/C20H19F3N4O4/c1-12(28)25-16(13-8-10-24-11-9-13)27-18(30)26(17(29)19(27,2)3)14-4-6-15(7-5-14)31-20(21,22)23/h4-11,16H,1-3H3,(H,25,28). The molecule has 4 amide bonds. The van der Waals surface area contributed by atoms with Crippen LogP contribution < -0.4 is 15.0 Å². The fourth-order valence-corrected chi connectivity index (χ4v) is 3.30. The van der Waals surface area contributed by atoms with E-state index in [0.29, 0.717) is 5.56 Å². The van der Waals surface area contributed by atoms with Crippen molar-refractivity contribution in [2.75, 3.05) is 4.90 Å². The second-order valence-corrected chi connectivity index (χ2v) is 7.28. The zero-order chi connectivity index (χ0) is 23.0. The predicted molar refractivity (Wildman–Crippen MR) is 103 cm³/mol. The number of nitrogens with zero attached hydrogens (tertiary/aromatic N) is 3. The van der Waals surface area contributed by atoms with Crippen molar-refractivity contribution in [3.05, 3.63) is 54.4 Å². The number of amides is 4. The second-order valence-electron chi connectivity index (χ2n) is 7.28. The summed E-state index contributed by atoms with van der Waals surface area (Å²) in [7, 11) is 0. The molecule has 1 unspecified atom stereocenters. The number of benzene rings is 1. The number of carbonyl (C=O) groups is 3.